The van der Waals surface area contributed by atoms with Gasteiger partial charge in [0.25, 0.3) is 0 Å². The Balaban J connectivity index is 2.28. The van der Waals surface area contributed by atoms with Gasteiger partial charge in [-0.05, 0) is 36.6 Å². The van der Waals surface area contributed by atoms with Crippen LogP contribution in [0.2, 0.25) is 5.02 Å². The molecule has 0 saturated heterocycles. The van der Waals surface area contributed by atoms with Crippen molar-refractivity contribution in [1.82, 2.24) is 5.32 Å². The van der Waals surface area contributed by atoms with Crippen molar-refractivity contribution < 1.29 is 9.53 Å². The van der Waals surface area contributed by atoms with Crippen molar-refractivity contribution in [3.05, 3.63) is 28.8 Å². The van der Waals surface area contributed by atoms with Crippen molar-refractivity contribution in [1.29, 1.82) is 0 Å². The van der Waals surface area contributed by atoms with Crippen LogP contribution in [-0.4, -0.2) is 19.2 Å². The number of nitrogens with one attached hydrogen (secondary N) is 2. The number of benzene rings is 1. The molecule has 0 radical (unpaired) electrons. The molecule has 1 aliphatic rings. The fourth-order valence-electron chi connectivity index (χ4n) is 2.25. The van der Waals surface area contributed by atoms with Gasteiger partial charge in [0.1, 0.15) is 0 Å². The van der Waals surface area contributed by atoms with Gasteiger partial charge in [0, 0.05) is 16.8 Å². The topological polar surface area (TPSA) is 50.4 Å². The van der Waals surface area contributed by atoms with E-state index in [4.69, 9.17) is 11.6 Å². The van der Waals surface area contributed by atoms with Crippen LogP contribution in [0.4, 0.5) is 10.5 Å². The Morgan fingerprint density at radius 3 is 3.06 bits per heavy atom. The Morgan fingerprint density at radius 2 is 2.39 bits per heavy atom. The molecule has 1 aromatic rings. The monoisotopic (exact) mass is 268 g/mol. The summed E-state index contributed by atoms with van der Waals surface area (Å²) in [5.41, 5.74) is 2.04. The number of hydrogen-bond donors (Lipinski definition) is 2. The molecule has 1 heterocycles. The number of amides is 1. The molecule has 5 heteroatoms. The summed E-state index contributed by atoms with van der Waals surface area (Å²) in [6.45, 7) is 2.12. The van der Waals surface area contributed by atoms with E-state index in [2.05, 4.69) is 22.3 Å². The summed E-state index contributed by atoms with van der Waals surface area (Å²) in [5.74, 6) is 0. The van der Waals surface area contributed by atoms with Crippen LogP contribution in [0.15, 0.2) is 18.2 Å². The fraction of sp³-hybridized carbons (Fsp3) is 0.462. The maximum atomic E-state index is 11.4. The highest BCUT2D eigenvalue weighted by atomic mass is 35.5. The van der Waals surface area contributed by atoms with Gasteiger partial charge in [0.15, 0.2) is 0 Å². The number of carbonyl (C=O) groups is 1. The number of fused-ring (bicyclic) bond motifs is 1. The van der Waals surface area contributed by atoms with Crippen LogP contribution in [0, 0.1) is 0 Å². The number of halogens is 1. The first-order chi connectivity index (χ1) is 8.63. The molecule has 1 aromatic carbocycles. The lowest BCUT2D eigenvalue weighted by Gasteiger charge is -2.33. The van der Waals surface area contributed by atoms with E-state index in [1.807, 2.05) is 18.2 Å². The van der Waals surface area contributed by atoms with Gasteiger partial charge in [0.2, 0.25) is 0 Å². The van der Waals surface area contributed by atoms with Crippen molar-refractivity contribution in [2.75, 3.05) is 12.4 Å². The van der Waals surface area contributed by atoms with E-state index < -0.39 is 6.09 Å². The van der Waals surface area contributed by atoms with Crippen molar-refractivity contribution >= 4 is 23.4 Å². The summed E-state index contributed by atoms with van der Waals surface area (Å²) in [6.07, 6.45) is 1.42. The molecule has 1 amide bonds. The number of carbonyl (C=O) groups excluding carboxylic acids is 1. The Labute approximate surface area is 112 Å². The highest BCUT2D eigenvalue weighted by molar-refractivity contribution is 6.30. The van der Waals surface area contributed by atoms with Crippen molar-refractivity contribution in [3.8, 4) is 0 Å². The normalized spacial score (nSPS) is 21.7. The maximum Gasteiger partial charge on any atom is 0.407 e. The van der Waals surface area contributed by atoms with Crippen molar-refractivity contribution in [3.63, 3.8) is 0 Å². The predicted molar refractivity (Wildman–Crippen MR) is 72.1 cm³/mol. The second kappa shape index (κ2) is 5.48. The van der Waals surface area contributed by atoms with E-state index in [0.29, 0.717) is 11.1 Å². The summed E-state index contributed by atoms with van der Waals surface area (Å²) < 4.78 is 4.66. The zero-order valence-corrected chi connectivity index (χ0v) is 11.3. The van der Waals surface area contributed by atoms with Gasteiger partial charge in [-0.1, -0.05) is 18.5 Å². The van der Waals surface area contributed by atoms with Gasteiger partial charge < -0.3 is 15.4 Å². The average Bonchev–Trinajstić information content (AvgIpc) is 2.38. The third kappa shape index (κ3) is 2.70. The minimum atomic E-state index is -0.414. The first-order valence-electron chi connectivity index (χ1n) is 6.04. The Hall–Kier alpha value is -1.42. The largest absolute Gasteiger partial charge is 0.453 e. The molecule has 0 fully saturated rings. The second-order valence-corrected chi connectivity index (χ2v) is 4.84. The molecule has 0 saturated carbocycles. The van der Waals surface area contributed by atoms with Crippen LogP contribution < -0.4 is 10.6 Å². The Morgan fingerprint density at radius 1 is 1.61 bits per heavy atom. The van der Waals surface area contributed by atoms with Gasteiger partial charge >= 0.3 is 6.09 Å². The molecule has 0 aliphatic carbocycles. The van der Waals surface area contributed by atoms with E-state index in [9.17, 15) is 4.79 Å². The highest BCUT2D eigenvalue weighted by Crippen LogP contribution is 2.35. The smallest absolute Gasteiger partial charge is 0.407 e. The lowest BCUT2D eigenvalue weighted by atomic mass is 9.92. The first-order valence-corrected chi connectivity index (χ1v) is 6.42. The molecule has 18 heavy (non-hydrogen) atoms. The molecule has 4 nitrogen and oxygen atoms in total. The van der Waals surface area contributed by atoms with Crippen molar-refractivity contribution in [2.24, 2.45) is 0 Å². The number of alkyl carbamates (subject to hydrolysis) is 1. The molecule has 0 unspecified atom stereocenters. The summed E-state index contributed by atoms with van der Waals surface area (Å²) in [7, 11) is 1.37. The van der Waals surface area contributed by atoms with E-state index in [-0.39, 0.29) is 6.04 Å². The standard InChI is InChI=1S/C13H17ClN2O2/c1-3-9-7-12(16-13(17)18-2)10-6-8(14)4-5-11(10)15-9/h4-6,9,12,15H,3,7H2,1-2H3,(H,16,17)/t9-,12+/m1/s1. The molecule has 0 bridgehead atoms. The fourth-order valence-corrected chi connectivity index (χ4v) is 2.43. The van der Waals surface area contributed by atoms with Gasteiger partial charge in [-0.3, -0.25) is 0 Å². The second-order valence-electron chi connectivity index (χ2n) is 4.41. The number of methoxy groups -OCH3 is 1. The van der Waals surface area contributed by atoms with Gasteiger partial charge in [-0.15, -0.1) is 0 Å². The van der Waals surface area contributed by atoms with Crippen LogP contribution >= 0.6 is 11.6 Å². The minimum Gasteiger partial charge on any atom is -0.453 e. The van der Waals surface area contributed by atoms with Gasteiger partial charge in [-0.2, -0.15) is 0 Å². The third-order valence-corrected chi connectivity index (χ3v) is 3.47. The molecule has 0 spiro atoms. The molecular formula is C13H17ClN2O2. The van der Waals surface area contributed by atoms with Crippen LogP contribution in [0.1, 0.15) is 31.4 Å². The van der Waals surface area contributed by atoms with E-state index in [0.717, 1.165) is 24.1 Å². The average molecular weight is 269 g/mol. The molecule has 2 rings (SSSR count). The summed E-state index contributed by atoms with van der Waals surface area (Å²) >= 11 is 6.01. The first kappa shape index (κ1) is 13.0. The third-order valence-electron chi connectivity index (χ3n) is 3.24. The predicted octanol–water partition coefficient (Wildman–Crippen LogP) is 3.33. The summed E-state index contributed by atoms with van der Waals surface area (Å²) in [5, 5.41) is 6.97. The highest BCUT2D eigenvalue weighted by Gasteiger charge is 2.27. The molecule has 0 aromatic heterocycles. The van der Waals surface area contributed by atoms with E-state index >= 15 is 0 Å². The lowest BCUT2D eigenvalue weighted by molar-refractivity contribution is 0.165. The quantitative estimate of drug-likeness (QED) is 0.865. The van der Waals surface area contributed by atoms with Gasteiger partial charge in [0.05, 0.1) is 13.2 Å². The number of rotatable bonds is 2. The zero-order valence-electron chi connectivity index (χ0n) is 10.5. The number of ether oxygens (including phenoxy) is 1. The van der Waals surface area contributed by atoms with Gasteiger partial charge in [-0.25, -0.2) is 4.79 Å². The molecular weight excluding hydrogens is 252 g/mol. The van der Waals surface area contributed by atoms with E-state index in [1.54, 1.807) is 0 Å². The summed E-state index contributed by atoms with van der Waals surface area (Å²) in [6, 6.07) is 5.97. The Bertz CT molecular complexity index is 451. The number of anilines is 1. The SMILES string of the molecule is CC[C@@H]1C[C@H](NC(=O)OC)c2cc(Cl)ccc2N1. The lowest BCUT2D eigenvalue weighted by Crippen LogP contribution is -2.37. The zero-order chi connectivity index (χ0) is 13.1. The molecule has 98 valence electrons. The van der Waals surface area contributed by atoms with Crippen molar-refractivity contribution in [2.45, 2.75) is 31.8 Å². The molecule has 2 atom stereocenters. The minimum absolute atomic E-state index is 0.0580. The number of hydrogen-bond acceptors (Lipinski definition) is 3. The molecule has 2 N–H and O–H groups in total. The van der Waals surface area contributed by atoms with Crippen LogP contribution in [0.5, 0.6) is 0 Å². The van der Waals surface area contributed by atoms with E-state index in [1.165, 1.54) is 7.11 Å². The molecule has 1 aliphatic heterocycles. The van der Waals surface area contributed by atoms with Crippen LogP contribution in [0.25, 0.3) is 0 Å². The maximum absolute atomic E-state index is 11.4. The van der Waals surface area contributed by atoms with Crippen LogP contribution in [-0.2, 0) is 4.74 Å². The van der Waals surface area contributed by atoms with Crippen LogP contribution in [0.3, 0.4) is 0 Å². The Kier molecular flexibility index (Phi) is 3.97. The summed E-state index contributed by atoms with van der Waals surface area (Å²) in [4.78, 5) is 11.4.